The van der Waals surface area contributed by atoms with E-state index < -0.39 is 23.8 Å². The zero-order chi connectivity index (χ0) is 15.9. The van der Waals surface area contributed by atoms with E-state index in [2.05, 4.69) is 9.97 Å². The number of nitrogens with zero attached hydrogens (tertiary/aromatic N) is 3. The number of aliphatic carboxylic acids is 1. The summed E-state index contributed by atoms with van der Waals surface area (Å²) in [6.45, 7) is 0.704. The van der Waals surface area contributed by atoms with Gasteiger partial charge in [-0.15, -0.1) is 0 Å². The normalized spacial score (nSPS) is 22.7. The summed E-state index contributed by atoms with van der Waals surface area (Å²) in [5.74, 6) is -1.07. The molecule has 0 spiro atoms. The molecule has 1 saturated heterocycles. The van der Waals surface area contributed by atoms with Gasteiger partial charge in [-0.2, -0.15) is 13.2 Å². The fourth-order valence-electron chi connectivity index (χ4n) is 2.67. The third-order valence-electron chi connectivity index (χ3n) is 4.06. The lowest BCUT2D eigenvalue weighted by atomic mass is 9.98. The number of aromatic nitrogens is 2. The van der Waals surface area contributed by atoms with Crippen molar-refractivity contribution in [2.45, 2.75) is 37.8 Å². The Balaban J connectivity index is 1.91. The van der Waals surface area contributed by atoms with E-state index in [1.54, 1.807) is 4.90 Å². The molecular weight excluding hydrogens is 299 g/mol. The highest BCUT2D eigenvalue weighted by Gasteiger charge is 2.37. The predicted molar refractivity (Wildman–Crippen MR) is 71.6 cm³/mol. The van der Waals surface area contributed by atoms with Crippen molar-refractivity contribution in [1.82, 2.24) is 9.97 Å². The average molecular weight is 315 g/mol. The monoisotopic (exact) mass is 315 g/mol. The van der Waals surface area contributed by atoms with Crippen LogP contribution in [0.5, 0.6) is 0 Å². The first-order chi connectivity index (χ1) is 10.3. The average Bonchev–Trinajstić information content (AvgIpc) is 3.30. The second-order valence-electron chi connectivity index (χ2n) is 5.87. The van der Waals surface area contributed by atoms with E-state index in [0.29, 0.717) is 19.4 Å². The van der Waals surface area contributed by atoms with E-state index in [1.165, 1.54) is 0 Å². The molecule has 2 aliphatic rings. The topological polar surface area (TPSA) is 66.3 Å². The van der Waals surface area contributed by atoms with Crippen molar-refractivity contribution in [1.29, 1.82) is 0 Å². The first kappa shape index (κ1) is 15.1. The summed E-state index contributed by atoms with van der Waals surface area (Å²) in [6.07, 6.45) is -1.75. The van der Waals surface area contributed by atoms with Crippen LogP contribution in [-0.4, -0.2) is 34.1 Å². The third-order valence-corrected chi connectivity index (χ3v) is 4.06. The van der Waals surface area contributed by atoms with Gasteiger partial charge in [0.1, 0.15) is 17.3 Å². The van der Waals surface area contributed by atoms with Crippen molar-refractivity contribution in [3.05, 3.63) is 17.6 Å². The van der Waals surface area contributed by atoms with Crippen LogP contribution in [0, 0.1) is 5.92 Å². The van der Waals surface area contributed by atoms with Gasteiger partial charge in [0.05, 0.1) is 5.92 Å². The fourth-order valence-corrected chi connectivity index (χ4v) is 2.67. The smallest absolute Gasteiger partial charge is 0.433 e. The molecule has 0 aromatic carbocycles. The molecule has 3 rings (SSSR count). The number of alkyl halides is 3. The number of hydrogen-bond donors (Lipinski definition) is 1. The summed E-state index contributed by atoms with van der Waals surface area (Å²) in [5, 5.41) is 9.10. The minimum Gasteiger partial charge on any atom is -0.481 e. The van der Waals surface area contributed by atoms with Crippen molar-refractivity contribution in [3.63, 3.8) is 0 Å². The highest BCUT2D eigenvalue weighted by molar-refractivity contribution is 5.71. The van der Waals surface area contributed by atoms with Crippen molar-refractivity contribution < 1.29 is 23.1 Å². The van der Waals surface area contributed by atoms with Crippen LogP contribution < -0.4 is 4.90 Å². The number of rotatable bonds is 3. The van der Waals surface area contributed by atoms with Crippen LogP contribution in [0.15, 0.2) is 6.07 Å². The highest BCUT2D eigenvalue weighted by atomic mass is 19.4. The molecule has 8 heteroatoms. The zero-order valence-electron chi connectivity index (χ0n) is 11.8. The van der Waals surface area contributed by atoms with Gasteiger partial charge in [0.2, 0.25) is 0 Å². The minimum absolute atomic E-state index is 0.00103. The number of carboxylic acids is 1. The molecule has 0 bridgehead atoms. The van der Waals surface area contributed by atoms with E-state index in [-0.39, 0.29) is 24.1 Å². The second-order valence-corrected chi connectivity index (χ2v) is 5.87. The van der Waals surface area contributed by atoms with E-state index >= 15 is 0 Å². The molecule has 1 aliphatic heterocycles. The van der Waals surface area contributed by atoms with Gasteiger partial charge in [-0.1, -0.05) is 0 Å². The van der Waals surface area contributed by atoms with Crippen LogP contribution in [0.4, 0.5) is 19.0 Å². The van der Waals surface area contributed by atoms with Crippen LogP contribution in [0.3, 0.4) is 0 Å². The van der Waals surface area contributed by atoms with E-state index in [4.69, 9.17) is 5.11 Å². The lowest BCUT2D eigenvalue weighted by Crippen LogP contribution is -2.39. The Morgan fingerprint density at radius 3 is 2.59 bits per heavy atom. The molecule has 0 radical (unpaired) electrons. The quantitative estimate of drug-likeness (QED) is 0.929. The summed E-state index contributed by atoms with van der Waals surface area (Å²) in [7, 11) is 0. The summed E-state index contributed by atoms with van der Waals surface area (Å²) in [6, 6.07) is 0.927. The largest absolute Gasteiger partial charge is 0.481 e. The van der Waals surface area contributed by atoms with Crippen molar-refractivity contribution in [2.24, 2.45) is 5.92 Å². The van der Waals surface area contributed by atoms with Gasteiger partial charge >= 0.3 is 12.1 Å². The SMILES string of the molecule is O=C(O)C1CCCN(c2cc(C(F)(F)F)nc(C3CC3)n2)C1. The Labute approximate surface area is 125 Å². The standard InChI is InChI=1S/C14H16F3N3O2/c15-14(16,17)10-6-11(19-12(18-10)8-3-4-8)20-5-1-2-9(7-20)13(21)22/h6,8-9H,1-5,7H2,(H,21,22). The van der Waals surface area contributed by atoms with Gasteiger partial charge in [0.25, 0.3) is 0 Å². The molecule has 120 valence electrons. The molecule has 1 aromatic rings. The molecule has 1 saturated carbocycles. The Bertz CT molecular complexity index is 587. The van der Waals surface area contributed by atoms with Crippen LogP contribution in [0.2, 0.25) is 0 Å². The number of hydrogen-bond acceptors (Lipinski definition) is 4. The van der Waals surface area contributed by atoms with Gasteiger partial charge in [-0.05, 0) is 25.7 Å². The van der Waals surface area contributed by atoms with E-state index in [1.807, 2.05) is 0 Å². The Kier molecular flexibility index (Phi) is 3.70. The lowest BCUT2D eigenvalue weighted by Gasteiger charge is -2.32. The van der Waals surface area contributed by atoms with E-state index in [0.717, 1.165) is 18.9 Å². The van der Waals surface area contributed by atoms with Crippen LogP contribution in [0.25, 0.3) is 0 Å². The molecular formula is C14H16F3N3O2. The molecule has 2 heterocycles. The number of anilines is 1. The molecule has 1 atom stereocenters. The first-order valence-electron chi connectivity index (χ1n) is 7.28. The first-order valence-corrected chi connectivity index (χ1v) is 7.28. The number of carbonyl (C=O) groups is 1. The van der Waals surface area contributed by atoms with Crippen LogP contribution >= 0.6 is 0 Å². The second kappa shape index (κ2) is 5.40. The summed E-state index contributed by atoms with van der Waals surface area (Å²) >= 11 is 0. The number of piperidine rings is 1. The third kappa shape index (κ3) is 3.15. The fraction of sp³-hybridized carbons (Fsp3) is 0.643. The molecule has 1 aliphatic carbocycles. The zero-order valence-corrected chi connectivity index (χ0v) is 11.8. The Hall–Kier alpha value is -1.86. The Morgan fingerprint density at radius 2 is 2.00 bits per heavy atom. The van der Waals surface area contributed by atoms with Gasteiger partial charge in [-0.25, -0.2) is 9.97 Å². The molecule has 1 N–H and O–H groups in total. The summed E-state index contributed by atoms with van der Waals surface area (Å²) in [4.78, 5) is 20.6. The molecule has 2 fully saturated rings. The molecule has 5 nitrogen and oxygen atoms in total. The summed E-state index contributed by atoms with van der Waals surface area (Å²) in [5.41, 5.74) is -0.947. The number of carboxylic acid groups (broad SMARTS) is 1. The highest BCUT2D eigenvalue weighted by Crippen LogP contribution is 2.40. The van der Waals surface area contributed by atoms with Crippen LogP contribution in [-0.2, 0) is 11.0 Å². The molecule has 22 heavy (non-hydrogen) atoms. The van der Waals surface area contributed by atoms with E-state index in [9.17, 15) is 18.0 Å². The summed E-state index contributed by atoms with van der Waals surface area (Å²) < 4.78 is 39.0. The van der Waals surface area contributed by atoms with Gasteiger partial charge in [-0.3, -0.25) is 4.79 Å². The van der Waals surface area contributed by atoms with Gasteiger partial charge in [0, 0.05) is 25.1 Å². The van der Waals surface area contributed by atoms with Crippen molar-refractivity contribution in [2.75, 3.05) is 18.0 Å². The molecule has 1 unspecified atom stereocenters. The van der Waals surface area contributed by atoms with Gasteiger partial charge < -0.3 is 10.0 Å². The van der Waals surface area contributed by atoms with Crippen molar-refractivity contribution >= 4 is 11.8 Å². The Morgan fingerprint density at radius 1 is 1.27 bits per heavy atom. The minimum atomic E-state index is -4.52. The maximum Gasteiger partial charge on any atom is 0.433 e. The maximum atomic E-state index is 13.0. The molecule has 1 aromatic heterocycles. The van der Waals surface area contributed by atoms with Crippen LogP contribution in [0.1, 0.15) is 43.1 Å². The molecule has 0 amide bonds. The predicted octanol–water partition coefficient (Wildman–Crippen LogP) is 2.67. The van der Waals surface area contributed by atoms with Gasteiger partial charge in [0.15, 0.2) is 0 Å². The lowest BCUT2D eigenvalue weighted by molar-refractivity contribution is -0.142. The van der Waals surface area contributed by atoms with Crippen molar-refractivity contribution in [3.8, 4) is 0 Å². The maximum absolute atomic E-state index is 13.0. The number of halogens is 3.